The quantitative estimate of drug-likeness (QED) is 0.647. The summed E-state index contributed by atoms with van der Waals surface area (Å²) in [6.07, 6.45) is 4.23. The van der Waals surface area contributed by atoms with E-state index in [0.717, 1.165) is 18.4 Å². The van der Waals surface area contributed by atoms with Crippen LogP contribution < -0.4 is 0 Å². The molecule has 0 saturated carbocycles. The van der Waals surface area contributed by atoms with Crippen LogP contribution >= 0.6 is 0 Å². The first-order chi connectivity index (χ1) is 7.90. The number of hydrogen-bond donors (Lipinski definition) is 0. The molecule has 0 aromatic heterocycles. The van der Waals surface area contributed by atoms with Gasteiger partial charge in [0.1, 0.15) is 5.60 Å². The Balaban J connectivity index is 2.12. The molecule has 17 heavy (non-hydrogen) atoms. The molecule has 2 atom stereocenters. The molecule has 2 heterocycles. The fourth-order valence-electron chi connectivity index (χ4n) is 2.51. The lowest BCUT2D eigenvalue weighted by molar-refractivity contribution is 0.0169. The van der Waals surface area contributed by atoms with Gasteiger partial charge in [-0.2, -0.15) is 5.26 Å². The molecule has 0 aromatic rings. The first-order valence-corrected chi connectivity index (χ1v) is 6.03. The molecule has 1 saturated heterocycles. The highest BCUT2D eigenvalue weighted by molar-refractivity contribution is 5.70. The van der Waals surface area contributed by atoms with Crippen LogP contribution in [0.1, 0.15) is 40.0 Å². The third-order valence-electron chi connectivity index (χ3n) is 3.14. The molecule has 1 amide bonds. The predicted octanol–water partition coefficient (Wildman–Crippen LogP) is 2.61. The zero-order chi connectivity index (χ0) is 12.6. The molecule has 0 radical (unpaired) electrons. The minimum Gasteiger partial charge on any atom is -0.444 e. The maximum atomic E-state index is 12.1. The molecule has 2 aliphatic rings. The van der Waals surface area contributed by atoms with Crippen molar-refractivity contribution in [2.45, 2.75) is 57.7 Å². The molecule has 0 aliphatic carbocycles. The van der Waals surface area contributed by atoms with Crippen molar-refractivity contribution >= 4 is 6.09 Å². The van der Waals surface area contributed by atoms with Gasteiger partial charge in [0, 0.05) is 18.0 Å². The van der Waals surface area contributed by atoms with Gasteiger partial charge in [0.15, 0.2) is 0 Å². The number of nitrogens with zero attached hydrogens (tertiary/aromatic N) is 2. The highest BCUT2D eigenvalue weighted by atomic mass is 16.6. The van der Waals surface area contributed by atoms with E-state index in [1.165, 1.54) is 0 Å². The minimum atomic E-state index is -0.463. The number of nitriles is 1. The second-order valence-corrected chi connectivity index (χ2v) is 5.69. The predicted molar refractivity (Wildman–Crippen MR) is 63.2 cm³/mol. The van der Waals surface area contributed by atoms with Crippen molar-refractivity contribution in [3.05, 3.63) is 11.6 Å². The monoisotopic (exact) mass is 234 g/mol. The number of rotatable bonds is 0. The lowest BCUT2D eigenvalue weighted by Crippen LogP contribution is -2.45. The highest BCUT2D eigenvalue weighted by Crippen LogP contribution is 2.35. The van der Waals surface area contributed by atoms with E-state index >= 15 is 0 Å². The van der Waals surface area contributed by atoms with Crippen molar-refractivity contribution in [2.24, 2.45) is 0 Å². The zero-order valence-electron chi connectivity index (χ0n) is 10.6. The zero-order valence-corrected chi connectivity index (χ0v) is 10.6. The molecule has 2 unspecified atom stereocenters. The van der Waals surface area contributed by atoms with Gasteiger partial charge in [-0.15, -0.1) is 0 Å². The summed E-state index contributed by atoms with van der Waals surface area (Å²) in [6, 6.07) is 2.40. The smallest absolute Gasteiger partial charge is 0.411 e. The fourth-order valence-corrected chi connectivity index (χ4v) is 2.51. The molecule has 1 fully saturated rings. The number of carbonyl (C=O) groups excluding carboxylic acids is 1. The van der Waals surface area contributed by atoms with E-state index < -0.39 is 5.60 Å². The lowest BCUT2D eigenvalue weighted by Gasteiger charge is -2.34. The minimum absolute atomic E-state index is 0.0539. The van der Waals surface area contributed by atoms with Crippen molar-refractivity contribution in [2.75, 3.05) is 0 Å². The average Bonchev–Trinajstić information content (AvgIpc) is 2.47. The summed E-state index contributed by atoms with van der Waals surface area (Å²) in [5.41, 5.74) is 0.341. The molecular formula is C13H18N2O2. The van der Waals surface area contributed by atoms with E-state index in [4.69, 9.17) is 10.00 Å². The molecule has 4 nitrogen and oxygen atoms in total. The Labute approximate surface area is 102 Å². The molecule has 2 bridgehead atoms. The van der Waals surface area contributed by atoms with Crippen LogP contribution in [0.3, 0.4) is 0 Å². The summed E-state index contributed by atoms with van der Waals surface area (Å²) >= 11 is 0. The summed E-state index contributed by atoms with van der Waals surface area (Å²) < 4.78 is 5.40. The van der Waals surface area contributed by atoms with Crippen molar-refractivity contribution in [1.29, 1.82) is 5.26 Å². The van der Waals surface area contributed by atoms with Gasteiger partial charge in [-0.1, -0.05) is 0 Å². The van der Waals surface area contributed by atoms with Gasteiger partial charge in [0.25, 0.3) is 0 Å². The Kier molecular flexibility index (Phi) is 2.86. The number of fused-ring (bicyclic) bond motifs is 2. The second-order valence-electron chi connectivity index (χ2n) is 5.69. The van der Waals surface area contributed by atoms with Gasteiger partial charge in [0.05, 0.1) is 12.1 Å². The van der Waals surface area contributed by atoms with Gasteiger partial charge < -0.3 is 4.74 Å². The third-order valence-corrected chi connectivity index (χ3v) is 3.14. The van der Waals surface area contributed by atoms with Crippen LogP contribution in [0.5, 0.6) is 0 Å². The van der Waals surface area contributed by atoms with Crippen LogP contribution in [0.2, 0.25) is 0 Å². The molecule has 2 rings (SSSR count). The lowest BCUT2D eigenvalue weighted by atomic mass is 10.0. The van der Waals surface area contributed by atoms with Crippen LogP contribution in [-0.4, -0.2) is 28.7 Å². The molecular weight excluding hydrogens is 216 g/mol. The maximum Gasteiger partial charge on any atom is 0.411 e. The summed E-state index contributed by atoms with van der Waals surface area (Å²) in [5, 5.41) is 8.91. The number of hydrogen-bond acceptors (Lipinski definition) is 3. The van der Waals surface area contributed by atoms with E-state index in [1.807, 2.05) is 26.8 Å². The van der Waals surface area contributed by atoms with E-state index in [0.29, 0.717) is 6.42 Å². The van der Waals surface area contributed by atoms with Crippen molar-refractivity contribution in [3.8, 4) is 6.07 Å². The second kappa shape index (κ2) is 4.06. The standard InChI is InChI=1S/C13H18N2O2/c1-13(2,3)17-12(16)15-10-4-5-11(15)7-9(6-10)8-14/h6,10-11H,4-5,7H2,1-3H3. The Morgan fingerprint density at radius 1 is 1.53 bits per heavy atom. The van der Waals surface area contributed by atoms with Gasteiger partial charge in [0.2, 0.25) is 0 Å². The maximum absolute atomic E-state index is 12.1. The highest BCUT2D eigenvalue weighted by Gasteiger charge is 2.41. The normalized spacial score (nSPS) is 27.4. The van der Waals surface area contributed by atoms with Crippen molar-refractivity contribution in [3.63, 3.8) is 0 Å². The fraction of sp³-hybridized carbons (Fsp3) is 0.692. The average molecular weight is 234 g/mol. The Morgan fingerprint density at radius 3 is 2.76 bits per heavy atom. The Bertz CT molecular complexity index is 401. The van der Waals surface area contributed by atoms with Crippen LogP contribution in [0.4, 0.5) is 4.79 Å². The van der Waals surface area contributed by atoms with Gasteiger partial charge in [-0.25, -0.2) is 4.79 Å². The van der Waals surface area contributed by atoms with Crippen molar-refractivity contribution < 1.29 is 9.53 Å². The number of amides is 1. The first-order valence-electron chi connectivity index (χ1n) is 6.03. The first kappa shape index (κ1) is 12.0. The Hall–Kier alpha value is -1.50. The van der Waals surface area contributed by atoms with Crippen molar-refractivity contribution in [1.82, 2.24) is 4.90 Å². The van der Waals surface area contributed by atoms with Gasteiger partial charge >= 0.3 is 6.09 Å². The van der Waals surface area contributed by atoms with Crippen LogP contribution in [0.25, 0.3) is 0 Å². The number of carbonyl (C=O) groups is 1. The molecule has 0 aromatic carbocycles. The topological polar surface area (TPSA) is 53.3 Å². The summed E-state index contributed by atoms with van der Waals surface area (Å²) in [6.45, 7) is 5.61. The molecule has 0 spiro atoms. The SMILES string of the molecule is CC(C)(C)OC(=O)N1C2C=C(C#N)CC1CC2. The largest absolute Gasteiger partial charge is 0.444 e. The molecule has 4 heteroatoms. The van der Waals surface area contributed by atoms with Crippen LogP contribution in [0.15, 0.2) is 11.6 Å². The summed E-state index contributed by atoms with van der Waals surface area (Å²) in [4.78, 5) is 13.9. The van der Waals surface area contributed by atoms with E-state index in [-0.39, 0.29) is 18.2 Å². The van der Waals surface area contributed by atoms with Gasteiger partial charge in [-0.3, -0.25) is 4.90 Å². The van der Waals surface area contributed by atoms with Crippen LogP contribution in [-0.2, 0) is 4.74 Å². The Morgan fingerprint density at radius 2 is 2.24 bits per heavy atom. The third kappa shape index (κ3) is 2.44. The number of ether oxygens (including phenoxy) is 1. The summed E-state index contributed by atoms with van der Waals surface area (Å²) in [7, 11) is 0. The van der Waals surface area contributed by atoms with E-state index in [2.05, 4.69) is 6.07 Å². The van der Waals surface area contributed by atoms with E-state index in [9.17, 15) is 4.79 Å². The van der Waals surface area contributed by atoms with E-state index in [1.54, 1.807) is 4.90 Å². The summed E-state index contributed by atoms with van der Waals surface area (Å²) in [5.74, 6) is 0. The van der Waals surface area contributed by atoms with Gasteiger partial charge in [-0.05, 0) is 39.7 Å². The van der Waals surface area contributed by atoms with Crippen LogP contribution in [0, 0.1) is 11.3 Å². The molecule has 92 valence electrons. The molecule has 0 N–H and O–H groups in total. The molecule has 2 aliphatic heterocycles.